The van der Waals surface area contributed by atoms with Gasteiger partial charge in [-0.1, -0.05) is 32.0 Å². The van der Waals surface area contributed by atoms with Gasteiger partial charge in [-0.3, -0.25) is 4.99 Å². The van der Waals surface area contributed by atoms with Crippen LogP contribution in [0.1, 0.15) is 25.8 Å². The Morgan fingerprint density at radius 1 is 1.31 bits per heavy atom. The highest BCUT2D eigenvalue weighted by Gasteiger charge is 2.59. The van der Waals surface area contributed by atoms with E-state index in [2.05, 4.69) is 53.7 Å². The SMILES string of the molecule is CN=C(NCc1cc(N(C)C)nc2ccccc12)NC1C2CCOC2C1(C)C.I. The zero-order valence-corrected chi connectivity index (χ0v) is 20.2. The minimum absolute atomic E-state index is 0. The summed E-state index contributed by atoms with van der Waals surface area (Å²) in [6, 6.07) is 10.8. The van der Waals surface area contributed by atoms with Crippen molar-refractivity contribution in [1.82, 2.24) is 15.6 Å². The Kier molecular flexibility index (Phi) is 6.57. The Bertz CT molecular complexity index is 898. The van der Waals surface area contributed by atoms with Gasteiger partial charge in [-0.05, 0) is 24.1 Å². The van der Waals surface area contributed by atoms with Crippen molar-refractivity contribution in [3.05, 3.63) is 35.9 Å². The maximum absolute atomic E-state index is 5.91. The van der Waals surface area contributed by atoms with Gasteiger partial charge < -0.3 is 20.3 Å². The number of para-hydroxylation sites is 1. The fraction of sp³-hybridized carbons (Fsp3) is 0.545. The molecule has 1 saturated heterocycles. The second-order valence-corrected chi connectivity index (χ2v) is 8.66. The number of halogens is 1. The van der Waals surface area contributed by atoms with E-state index < -0.39 is 0 Å². The molecule has 0 amide bonds. The van der Waals surface area contributed by atoms with Crippen LogP contribution in [0.5, 0.6) is 0 Å². The third-order valence-electron chi connectivity index (χ3n) is 6.31. The molecule has 2 aliphatic rings. The summed E-state index contributed by atoms with van der Waals surface area (Å²) in [6.45, 7) is 6.13. The molecule has 2 aromatic rings. The molecule has 3 atom stereocenters. The summed E-state index contributed by atoms with van der Waals surface area (Å²) >= 11 is 0. The summed E-state index contributed by atoms with van der Waals surface area (Å²) in [6.07, 6.45) is 1.50. The molecular weight excluding hydrogens is 477 g/mol. The van der Waals surface area contributed by atoms with E-state index in [0.29, 0.717) is 24.6 Å². The quantitative estimate of drug-likeness (QED) is 0.376. The van der Waals surface area contributed by atoms with Crippen LogP contribution in [0.4, 0.5) is 5.82 Å². The van der Waals surface area contributed by atoms with Gasteiger partial charge in [0.25, 0.3) is 0 Å². The highest BCUT2D eigenvalue weighted by atomic mass is 127. The second-order valence-electron chi connectivity index (χ2n) is 8.66. The monoisotopic (exact) mass is 509 g/mol. The Balaban J connectivity index is 0.00000240. The lowest BCUT2D eigenvalue weighted by Gasteiger charge is -2.54. The van der Waals surface area contributed by atoms with Gasteiger partial charge in [-0.25, -0.2) is 4.98 Å². The summed E-state index contributed by atoms with van der Waals surface area (Å²) in [5.41, 5.74) is 2.35. The number of hydrogen-bond donors (Lipinski definition) is 2. The lowest BCUT2D eigenvalue weighted by atomic mass is 9.57. The van der Waals surface area contributed by atoms with Crippen LogP contribution in [0.2, 0.25) is 0 Å². The maximum Gasteiger partial charge on any atom is 0.191 e. The van der Waals surface area contributed by atoms with E-state index in [1.807, 2.05) is 32.1 Å². The highest BCUT2D eigenvalue weighted by Crippen LogP contribution is 2.52. The second kappa shape index (κ2) is 8.63. The molecular formula is C22H32IN5O. The fourth-order valence-electron chi connectivity index (χ4n) is 4.75. The number of nitrogens with zero attached hydrogens (tertiary/aromatic N) is 3. The van der Waals surface area contributed by atoms with Crippen LogP contribution >= 0.6 is 24.0 Å². The number of fused-ring (bicyclic) bond motifs is 2. The van der Waals surface area contributed by atoms with Gasteiger partial charge in [0.1, 0.15) is 5.82 Å². The predicted molar refractivity (Wildman–Crippen MR) is 130 cm³/mol. The summed E-state index contributed by atoms with van der Waals surface area (Å²) in [5, 5.41) is 8.34. The Morgan fingerprint density at radius 3 is 2.79 bits per heavy atom. The average Bonchev–Trinajstić information content (AvgIpc) is 3.14. The molecule has 2 fully saturated rings. The zero-order valence-electron chi connectivity index (χ0n) is 17.9. The average molecular weight is 509 g/mol. The standard InChI is InChI=1S/C22H31N5O.HI/c1-22(2)19(16-10-11-28-20(16)22)26-21(23-3)24-13-14-12-18(27(4)5)25-17-9-7-6-8-15(14)17;/h6-9,12,16,19-20H,10-11,13H2,1-5H3,(H2,23,24,26);1H. The van der Waals surface area contributed by atoms with Crippen molar-refractivity contribution < 1.29 is 4.74 Å². The van der Waals surface area contributed by atoms with Gasteiger partial charge in [0.15, 0.2) is 5.96 Å². The molecule has 0 spiro atoms. The molecule has 158 valence electrons. The van der Waals surface area contributed by atoms with E-state index in [1.54, 1.807) is 0 Å². The minimum atomic E-state index is 0. The molecule has 1 aromatic carbocycles. The third kappa shape index (κ3) is 4.03. The number of guanidine groups is 1. The number of hydrogen-bond acceptors (Lipinski definition) is 4. The molecule has 1 aromatic heterocycles. The number of anilines is 1. The van der Waals surface area contributed by atoms with Gasteiger partial charge >= 0.3 is 0 Å². The lowest BCUT2D eigenvalue weighted by molar-refractivity contribution is -0.106. The van der Waals surface area contributed by atoms with Crippen LogP contribution in [0.25, 0.3) is 10.9 Å². The molecule has 2 heterocycles. The van der Waals surface area contributed by atoms with Crippen LogP contribution in [-0.4, -0.2) is 50.8 Å². The minimum Gasteiger partial charge on any atom is -0.377 e. The van der Waals surface area contributed by atoms with Gasteiger partial charge in [-0.2, -0.15) is 0 Å². The van der Waals surface area contributed by atoms with Crippen LogP contribution in [0, 0.1) is 11.3 Å². The van der Waals surface area contributed by atoms with Crippen molar-refractivity contribution in [2.45, 2.75) is 39.0 Å². The number of pyridine rings is 1. The molecule has 1 saturated carbocycles. The Hall–Kier alpha value is -1.61. The van der Waals surface area contributed by atoms with Gasteiger partial charge in [0, 0.05) is 57.1 Å². The van der Waals surface area contributed by atoms with Crippen molar-refractivity contribution in [2.24, 2.45) is 16.3 Å². The summed E-state index contributed by atoms with van der Waals surface area (Å²) in [5.74, 6) is 2.39. The van der Waals surface area contributed by atoms with Crippen LogP contribution in [0.15, 0.2) is 35.3 Å². The van der Waals surface area contributed by atoms with Crippen LogP contribution in [0.3, 0.4) is 0 Å². The van der Waals surface area contributed by atoms with E-state index in [9.17, 15) is 0 Å². The Labute approximate surface area is 190 Å². The molecule has 1 aliphatic carbocycles. The van der Waals surface area contributed by atoms with Gasteiger partial charge in [0.2, 0.25) is 0 Å². The molecule has 0 bridgehead atoms. The van der Waals surface area contributed by atoms with E-state index in [1.165, 1.54) is 10.9 Å². The summed E-state index contributed by atoms with van der Waals surface area (Å²) in [7, 11) is 5.88. The zero-order chi connectivity index (χ0) is 19.9. The number of aliphatic imine (C=N–C) groups is 1. The molecule has 6 nitrogen and oxygen atoms in total. The van der Waals surface area contributed by atoms with Crippen molar-refractivity contribution >= 4 is 46.7 Å². The number of ether oxygens (including phenoxy) is 1. The van der Waals surface area contributed by atoms with Crippen molar-refractivity contribution in [3.8, 4) is 0 Å². The first kappa shape index (κ1) is 22.1. The molecule has 29 heavy (non-hydrogen) atoms. The molecule has 1 aliphatic heterocycles. The molecule has 7 heteroatoms. The van der Waals surface area contributed by atoms with E-state index >= 15 is 0 Å². The largest absolute Gasteiger partial charge is 0.377 e. The first-order valence-corrected chi connectivity index (χ1v) is 10.1. The third-order valence-corrected chi connectivity index (χ3v) is 6.31. The van der Waals surface area contributed by atoms with Crippen molar-refractivity contribution in [2.75, 3.05) is 32.6 Å². The molecule has 4 rings (SSSR count). The van der Waals surface area contributed by atoms with E-state index in [4.69, 9.17) is 9.72 Å². The summed E-state index contributed by atoms with van der Waals surface area (Å²) in [4.78, 5) is 11.3. The number of benzene rings is 1. The fourth-order valence-corrected chi connectivity index (χ4v) is 4.75. The predicted octanol–water partition coefficient (Wildman–Crippen LogP) is 3.40. The molecule has 0 radical (unpaired) electrons. The van der Waals surface area contributed by atoms with Crippen LogP contribution in [-0.2, 0) is 11.3 Å². The topological polar surface area (TPSA) is 61.8 Å². The summed E-state index contributed by atoms with van der Waals surface area (Å²) < 4.78 is 5.91. The number of rotatable bonds is 4. The normalized spacial score (nSPS) is 25.0. The van der Waals surface area contributed by atoms with Gasteiger partial charge in [-0.15, -0.1) is 24.0 Å². The number of aromatic nitrogens is 1. The van der Waals surface area contributed by atoms with E-state index in [-0.39, 0.29) is 29.4 Å². The first-order valence-electron chi connectivity index (χ1n) is 10.1. The highest BCUT2D eigenvalue weighted by molar-refractivity contribution is 14.0. The maximum atomic E-state index is 5.91. The molecule has 2 N–H and O–H groups in total. The molecule has 3 unspecified atom stereocenters. The van der Waals surface area contributed by atoms with Crippen molar-refractivity contribution in [1.29, 1.82) is 0 Å². The van der Waals surface area contributed by atoms with Crippen LogP contribution < -0.4 is 15.5 Å². The van der Waals surface area contributed by atoms with E-state index in [0.717, 1.165) is 30.3 Å². The number of nitrogens with one attached hydrogen (secondary N) is 2. The van der Waals surface area contributed by atoms with Crippen molar-refractivity contribution in [3.63, 3.8) is 0 Å². The van der Waals surface area contributed by atoms with Gasteiger partial charge in [0.05, 0.1) is 11.6 Å². The Morgan fingerprint density at radius 2 is 2.07 bits per heavy atom. The first-order chi connectivity index (χ1) is 13.4. The smallest absolute Gasteiger partial charge is 0.191 e. The lowest BCUT2D eigenvalue weighted by Crippen LogP contribution is -2.67.